The van der Waals surface area contributed by atoms with E-state index in [-0.39, 0.29) is 16.4 Å². The molecule has 0 fully saturated rings. The van der Waals surface area contributed by atoms with Gasteiger partial charge >= 0.3 is 6.09 Å². The van der Waals surface area contributed by atoms with Crippen LogP contribution in [0.1, 0.15) is 31.1 Å². The second-order valence-corrected chi connectivity index (χ2v) is 6.99. The molecule has 2 rings (SSSR count). The minimum absolute atomic E-state index is 0.0180. The maximum Gasteiger partial charge on any atom is 0.412 e. The number of carbonyl (C=O) groups excluding carboxylic acids is 2. The fraction of sp³-hybridized carbons (Fsp3) is 0.222. The fourth-order valence-corrected chi connectivity index (χ4v) is 2.25. The van der Waals surface area contributed by atoms with Crippen molar-refractivity contribution < 1.29 is 19.2 Å². The van der Waals surface area contributed by atoms with Crippen molar-refractivity contribution in [2.24, 2.45) is 0 Å². The maximum atomic E-state index is 12.3. The Morgan fingerprint density at radius 2 is 1.63 bits per heavy atom. The Hall–Kier alpha value is -3.13. The number of nitrogens with one attached hydrogen (secondary N) is 2. The summed E-state index contributed by atoms with van der Waals surface area (Å²) in [5.41, 5.74) is 0.0918. The van der Waals surface area contributed by atoms with Gasteiger partial charge in [0.15, 0.2) is 0 Å². The molecular weight excluding hydrogens is 374 g/mol. The molecule has 2 amide bonds. The minimum atomic E-state index is -0.630. The van der Waals surface area contributed by atoms with Crippen molar-refractivity contribution in [3.8, 4) is 0 Å². The molecule has 27 heavy (non-hydrogen) atoms. The number of nitrogens with zero attached hydrogens (tertiary/aromatic N) is 1. The number of amides is 2. The standard InChI is InChI=1S/C18H18ClN3O5/c1-18(2,3)27-17(24)21-12-6-4-11(5-7-12)16(23)20-13-8-9-14(19)15(10-13)22(25)26/h4-10H,1-3H3,(H,20,23)(H,21,24). The van der Waals surface area contributed by atoms with E-state index < -0.39 is 22.5 Å². The van der Waals surface area contributed by atoms with Crippen LogP contribution in [-0.2, 0) is 4.74 Å². The van der Waals surface area contributed by atoms with E-state index in [0.717, 1.165) is 0 Å². The highest BCUT2D eigenvalue weighted by Gasteiger charge is 2.17. The summed E-state index contributed by atoms with van der Waals surface area (Å²) < 4.78 is 5.14. The fourth-order valence-electron chi connectivity index (χ4n) is 2.06. The second-order valence-electron chi connectivity index (χ2n) is 6.58. The molecule has 2 N–H and O–H groups in total. The molecule has 2 aromatic carbocycles. The monoisotopic (exact) mass is 391 g/mol. The number of hydrogen-bond donors (Lipinski definition) is 2. The first-order valence-electron chi connectivity index (χ1n) is 7.90. The molecule has 0 unspecified atom stereocenters. The van der Waals surface area contributed by atoms with Crippen LogP contribution < -0.4 is 10.6 Å². The topological polar surface area (TPSA) is 111 Å². The lowest BCUT2D eigenvalue weighted by Crippen LogP contribution is -2.27. The molecule has 0 saturated carbocycles. The highest BCUT2D eigenvalue weighted by atomic mass is 35.5. The number of anilines is 2. The van der Waals surface area contributed by atoms with Gasteiger partial charge in [-0.2, -0.15) is 0 Å². The largest absolute Gasteiger partial charge is 0.444 e. The summed E-state index contributed by atoms with van der Waals surface area (Å²) in [7, 11) is 0. The van der Waals surface area contributed by atoms with E-state index in [9.17, 15) is 19.7 Å². The number of benzene rings is 2. The molecule has 0 atom stereocenters. The van der Waals surface area contributed by atoms with Crippen LogP contribution in [0, 0.1) is 10.1 Å². The normalized spacial score (nSPS) is 10.8. The SMILES string of the molecule is CC(C)(C)OC(=O)Nc1ccc(C(=O)Nc2ccc(Cl)c([N+](=O)[O-])c2)cc1. The average Bonchev–Trinajstić information content (AvgIpc) is 2.55. The Bertz CT molecular complexity index is 876. The first kappa shape index (κ1) is 20.2. The third kappa shape index (κ3) is 5.96. The predicted molar refractivity (Wildman–Crippen MR) is 102 cm³/mol. The molecule has 142 valence electrons. The third-order valence-corrected chi connectivity index (χ3v) is 3.51. The van der Waals surface area contributed by atoms with Crippen LogP contribution in [0.2, 0.25) is 5.02 Å². The zero-order chi connectivity index (χ0) is 20.2. The molecule has 0 aromatic heterocycles. The number of ether oxygens (including phenoxy) is 1. The van der Waals surface area contributed by atoms with Crippen LogP contribution in [-0.4, -0.2) is 22.5 Å². The molecule has 2 aromatic rings. The zero-order valence-corrected chi connectivity index (χ0v) is 15.7. The van der Waals surface area contributed by atoms with E-state index in [2.05, 4.69) is 10.6 Å². The summed E-state index contributed by atoms with van der Waals surface area (Å²) in [6, 6.07) is 10.1. The number of nitro groups is 1. The van der Waals surface area contributed by atoms with Crippen molar-refractivity contribution in [2.45, 2.75) is 26.4 Å². The number of nitro benzene ring substituents is 1. The van der Waals surface area contributed by atoms with Crippen molar-refractivity contribution in [3.05, 3.63) is 63.2 Å². The maximum absolute atomic E-state index is 12.3. The van der Waals surface area contributed by atoms with Gasteiger partial charge in [0.25, 0.3) is 11.6 Å². The number of rotatable bonds is 4. The molecule has 0 saturated heterocycles. The number of carbonyl (C=O) groups is 2. The van der Waals surface area contributed by atoms with Crippen LogP contribution >= 0.6 is 11.6 Å². The molecule has 0 aliphatic heterocycles. The molecule has 8 nitrogen and oxygen atoms in total. The van der Waals surface area contributed by atoms with E-state index in [1.54, 1.807) is 32.9 Å². The van der Waals surface area contributed by atoms with Crippen molar-refractivity contribution in [1.29, 1.82) is 0 Å². The van der Waals surface area contributed by atoms with Gasteiger partial charge in [0.05, 0.1) is 4.92 Å². The minimum Gasteiger partial charge on any atom is -0.444 e. The summed E-state index contributed by atoms with van der Waals surface area (Å²) in [4.78, 5) is 34.3. The van der Waals surface area contributed by atoms with Gasteiger partial charge < -0.3 is 10.1 Å². The lowest BCUT2D eigenvalue weighted by molar-refractivity contribution is -0.384. The van der Waals surface area contributed by atoms with Crippen LogP contribution in [0.15, 0.2) is 42.5 Å². The molecular formula is C18H18ClN3O5. The Labute approximate surface area is 160 Å². The second kappa shape index (κ2) is 8.05. The lowest BCUT2D eigenvalue weighted by atomic mass is 10.2. The predicted octanol–water partition coefficient (Wildman–Crippen LogP) is 4.85. The Morgan fingerprint density at radius 1 is 1.04 bits per heavy atom. The summed E-state index contributed by atoms with van der Waals surface area (Å²) in [6.07, 6.45) is -0.604. The van der Waals surface area contributed by atoms with Crippen molar-refractivity contribution in [2.75, 3.05) is 10.6 Å². The summed E-state index contributed by atoms with van der Waals surface area (Å²) >= 11 is 5.74. The highest BCUT2D eigenvalue weighted by Crippen LogP contribution is 2.27. The van der Waals surface area contributed by atoms with E-state index in [1.165, 1.54) is 30.3 Å². The van der Waals surface area contributed by atoms with E-state index in [1.807, 2.05) is 0 Å². The van der Waals surface area contributed by atoms with Gasteiger partial charge in [0.2, 0.25) is 0 Å². The van der Waals surface area contributed by atoms with Gasteiger partial charge in [-0.1, -0.05) is 11.6 Å². The van der Waals surface area contributed by atoms with Crippen molar-refractivity contribution in [3.63, 3.8) is 0 Å². The van der Waals surface area contributed by atoms with E-state index in [4.69, 9.17) is 16.3 Å². The lowest BCUT2D eigenvalue weighted by Gasteiger charge is -2.19. The van der Waals surface area contributed by atoms with Crippen LogP contribution in [0.25, 0.3) is 0 Å². The van der Waals surface area contributed by atoms with Crippen LogP contribution in [0.5, 0.6) is 0 Å². The number of halogens is 1. The first-order valence-corrected chi connectivity index (χ1v) is 8.28. The Balaban J connectivity index is 2.05. The quantitative estimate of drug-likeness (QED) is 0.571. The molecule has 0 heterocycles. The van der Waals surface area contributed by atoms with Gasteiger partial charge in [0, 0.05) is 23.0 Å². The Morgan fingerprint density at radius 3 is 2.19 bits per heavy atom. The zero-order valence-electron chi connectivity index (χ0n) is 14.9. The first-order chi connectivity index (χ1) is 12.5. The Kier molecular flexibility index (Phi) is 6.02. The number of hydrogen-bond acceptors (Lipinski definition) is 5. The van der Waals surface area contributed by atoms with Gasteiger partial charge in [-0.25, -0.2) is 4.79 Å². The smallest absolute Gasteiger partial charge is 0.412 e. The van der Waals surface area contributed by atoms with Gasteiger partial charge in [0.1, 0.15) is 10.6 Å². The molecule has 0 spiro atoms. The van der Waals surface area contributed by atoms with Crippen molar-refractivity contribution in [1.82, 2.24) is 0 Å². The van der Waals surface area contributed by atoms with Gasteiger partial charge in [-0.05, 0) is 57.2 Å². The molecule has 9 heteroatoms. The van der Waals surface area contributed by atoms with Gasteiger partial charge in [-0.3, -0.25) is 20.2 Å². The van der Waals surface area contributed by atoms with E-state index >= 15 is 0 Å². The molecule has 0 bridgehead atoms. The average molecular weight is 392 g/mol. The summed E-state index contributed by atoms with van der Waals surface area (Å²) in [5, 5.41) is 16.0. The summed E-state index contributed by atoms with van der Waals surface area (Å²) in [6.45, 7) is 5.25. The van der Waals surface area contributed by atoms with Gasteiger partial charge in [-0.15, -0.1) is 0 Å². The third-order valence-electron chi connectivity index (χ3n) is 3.19. The molecule has 0 aliphatic carbocycles. The van der Waals surface area contributed by atoms with Crippen molar-refractivity contribution >= 4 is 40.7 Å². The summed E-state index contributed by atoms with van der Waals surface area (Å²) in [5.74, 6) is -0.463. The van der Waals surface area contributed by atoms with Crippen LogP contribution in [0.3, 0.4) is 0 Å². The van der Waals surface area contributed by atoms with Crippen LogP contribution in [0.4, 0.5) is 21.9 Å². The molecule has 0 radical (unpaired) electrons. The van der Waals surface area contributed by atoms with E-state index in [0.29, 0.717) is 11.3 Å². The molecule has 0 aliphatic rings. The highest BCUT2D eigenvalue weighted by molar-refractivity contribution is 6.32.